The van der Waals surface area contributed by atoms with E-state index in [0.717, 1.165) is 4.59 Å². The minimum atomic E-state index is 1.03. The van der Waals surface area contributed by atoms with Gasteiger partial charge in [-0.1, -0.05) is 5.21 Å². The molecule has 2 radical (unpaired) electrons. The molecule has 1 rings (SSSR count). The van der Waals surface area contributed by atoms with Crippen LogP contribution in [0.5, 0.6) is 0 Å². The zero-order chi connectivity index (χ0) is 4.41. The lowest BCUT2D eigenvalue weighted by Crippen LogP contribution is -1.89. The quantitative estimate of drug-likeness (QED) is 0.360. The molecule has 0 atom stereocenters. The SMILES string of the molecule is [B]n1cnnn1. The lowest BCUT2D eigenvalue weighted by Gasteiger charge is -1.71. The number of rotatable bonds is 0. The van der Waals surface area contributed by atoms with E-state index in [9.17, 15) is 0 Å². The zero-order valence-electron chi connectivity index (χ0n) is 2.94. The molecule has 0 saturated heterocycles. The summed E-state index contributed by atoms with van der Waals surface area (Å²) in [6, 6.07) is 0. The van der Waals surface area contributed by atoms with E-state index < -0.39 is 0 Å². The Bertz CT molecular complexity index is 111. The van der Waals surface area contributed by atoms with Crippen molar-refractivity contribution < 1.29 is 0 Å². The van der Waals surface area contributed by atoms with E-state index in [1.165, 1.54) is 6.33 Å². The highest BCUT2D eigenvalue weighted by atomic mass is 15.5. The van der Waals surface area contributed by atoms with Crippen LogP contribution in [0.3, 0.4) is 0 Å². The van der Waals surface area contributed by atoms with Crippen LogP contribution in [0.2, 0.25) is 0 Å². The molecular weight excluding hydrogens is 78.9 g/mol. The average molecular weight is 79.9 g/mol. The summed E-state index contributed by atoms with van der Waals surface area (Å²) in [4.78, 5) is 0. The van der Waals surface area contributed by atoms with Crippen LogP contribution in [0.4, 0.5) is 0 Å². The molecule has 5 heteroatoms. The molecule has 0 N–H and O–H groups in total. The van der Waals surface area contributed by atoms with Crippen molar-refractivity contribution in [3.63, 3.8) is 0 Å². The van der Waals surface area contributed by atoms with Crippen molar-refractivity contribution >= 4 is 7.98 Å². The highest BCUT2D eigenvalue weighted by Crippen LogP contribution is 1.56. The summed E-state index contributed by atoms with van der Waals surface area (Å²) in [7, 11) is 4.96. The Morgan fingerprint density at radius 1 is 1.67 bits per heavy atom. The summed E-state index contributed by atoms with van der Waals surface area (Å²) in [6.07, 6.45) is 1.31. The number of nitrogens with zero attached hydrogens (tertiary/aromatic N) is 4. The third-order valence-corrected chi connectivity index (χ3v) is 0.365. The lowest BCUT2D eigenvalue weighted by molar-refractivity contribution is 0.845. The van der Waals surface area contributed by atoms with Crippen molar-refractivity contribution in [1.82, 2.24) is 20.1 Å². The molecule has 1 aromatic heterocycles. The van der Waals surface area contributed by atoms with Gasteiger partial charge in [0.05, 0.1) is 0 Å². The van der Waals surface area contributed by atoms with Gasteiger partial charge in [0.15, 0.2) is 0 Å². The van der Waals surface area contributed by atoms with Gasteiger partial charge in [-0.2, -0.15) is 0 Å². The Balaban J connectivity index is 3.05. The van der Waals surface area contributed by atoms with Crippen molar-refractivity contribution in [1.29, 1.82) is 0 Å². The van der Waals surface area contributed by atoms with E-state index in [-0.39, 0.29) is 0 Å². The number of tetrazole rings is 1. The van der Waals surface area contributed by atoms with Crippen LogP contribution in [0.1, 0.15) is 0 Å². The summed E-state index contributed by atoms with van der Waals surface area (Å²) in [6.45, 7) is 0. The second-order valence-electron chi connectivity index (χ2n) is 0.790. The molecule has 1 aromatic rings. The van der Waals surface area contributed by atoms with Crippen molar-refractivity contribution in [3.8, 4) is 0 Å². The van der Waals surface area contributed by atoms with Gasteiger partial charge in [-0.05, 0) is 5.21 Å². The number of hydrogen-bond acceptors (Lipinski definition) is 3. The fourth-order valence-corrected chi connectivity index (χ4v) is 0.168. The van der Waals surface area contributed by atoms with Crippen molar-refractivity contribution in [2.75, 3.05) is 0 Å². The highest BCUT2D eigenvalue weighted by molar-refractivity contribution is 6.05. The van der Waals surface area contributed by atoms with Crippen LogP contribution in [0.15, 0.2) is 6.33 Å². The summed E-state index contributed by atoms with van der Waals surface area (Å²) in [5.41, 5.74) is 0. The fraction of sp³-hybridized carbons (Fsp3) is 0. The maximum Gasteiger partial charge on any atom is 0.268 e. The molecule has 0 aliphatic carbocycles. The summed E-state index contributed by atoms with van der Waals surface area (Å²) >= 11 is 0. The van der Waals surface area contributed by atoms with E-state index in [1.807, 2.05) is 0 Å². The van der Waals surface area contributed by atoms with Gasteiger partial charge in [0, 0.05) is 0 Å². The van der Waals surface area contributed by atoms with Gasteiger partial charge in [-0.3, -0.25) is 4.59 Å². The fourth-order valence-electron chi connectivity index (χ4n) is 0.168. The van der Waals surface area contributed by atoms with Crippen LogP contribution >= 0.6 is 0 Å². The first-order chi connectivity index (χ1) is 2.89. The van der Waals surface area contributed by atoms with Gasteiger partial charge < -0.3 is 0 Å². The first kappa shape index (κ1) is 3.33. The summed E-state index contributed by atoms with van der Waals surface area (Å²) in [5.74, 6) is 0. The minimum absolute atomic E-state index is 1.03. The van der Waals surface area contributed by atoms with E-state index in [1.54, 1.807) is 0 Å². The summed E-state index contributed by atoms with van der Waals surface area (Å²) < 4.78 is 1.03. The van der Waals surface area contributed by atoms with Crippen molar-refractivity contribution in [3.05, 3.63) is 6.33 Å². The van der Waals surface area contributed by atoms with Gasteiger partial charge in [0.2, 0.25) is 0 Å². The standard InChI is InChI=1S/CHBN4/c2-6-1-3-4-5-6/h1H. The highest BCUT2D eigenvalue weighted by Gasteiger charge is 1.72. The second-order valence-corrected chi connectivity index (χ2v) is 0.790. The molecule has 0 unspecified atom stereocenters. The predicted molar refractivity (Wildman–Crippen MR) is 19.0 cm³/mol. The molecule has 4 nitrogen and oxygen atoms in total. The molecule has 0 fully saturated rings. The van der Waals surface area contributed by atoms with Gasteiger partial charge in [0.1, 0.15) is 6.33 Å². The molecule has 0 bridgehead atoms. The molecule has 0 spiro atoms. The van der Waals surface area contributed by atoms with E-state index >= 15 is 0 Å². The molecule has 0 aliphatic rings. The Morgan fingerprint density at radius 3 is 2.67 bits per heavy atom. The molecule has 6 heavy (non-hydrogen) atoms. The molecule has 28 valence electrons. The lowest BCUT2D eigenvalue weighted by atomic mass is 10.5. The van der Waals surface area contributed by atoms with Crippen LogP contribution in [0.25, 0.3) is 0 Å². The van der Waals surface area contributed by atoms with E-state index in [2.05, 4.69) is 15.5 Å². The normalized spacial score (nSPS) is 8.67. The smallest absolute Gasteiger partial charge is 0.268 e. The van der Waals surface area contributed by atoms with Crippen LogP contribution in [-0.2, 0) is 0 Å². The Hall–Kier alpha value is -0.865. The number of aromatic nitrogens is 4. The predicted octanol–water partition coefficient (Wildman–Crippen LogP) is -1.40. The largest absolute Gasteiger partial charge is 0.294 e. The monoisotopic (exact) mass is 80.0 g/mol. The Labute approximate surface area is 35.6 Å². The van der Waals surface area contributed by atoms with Gasteiger partial charge in [0.25, 0.3) is 7.98 Å². The molecule has 0 saturated carbocycles. The molecule has 1 heterocycles. The molecular formula is CHBN4. The topological polar surface area (TPSA) is 43.6 Å². The van der Waals surface area contributed by atoms with Gasteiger partial charge >= 0.3 is 0 Å². The van der Waals surface area contributed by atoms with Crippen LogP contribution < -0.4 is 0 Å². The summed E-state index contributed by atoms with van der Waals surface area (Å²) in [5, 5.41) is 9.71. The maximum absolute atomic E-state index is 4.96. The third-order valence-electron chi connectivity index (χ3n) is 0.365. The molecule has 0 aliphatic heterocycles. The third kappa shape index (κ3) is 0.380. The minimum Gasteiger partial charge on any atom is -0.294 e. The Morgan fingerprint density at radius 2 is 2.50 bits per heavy atom. The first-order valence-corrected chi connectivity index (χ1v) is 1.37. The van der Waals surface area contributed by atoms with Gasteiger partial charge in [-0.15, -0.1) is 5.10 Å². The van der Waals surface area contributed by atoms with Gasteiger partial charge in [-0.25, -0.2) is 0 Å². The van der Waals surface area contributed by atoms with E-state index in [0.29, 0.717) is 0 Å². The van der Waals surface area contributed by atoms with Crippen LogP contribution in [-0.4, -0.2) is 28.1 Å². The first-order valence-electron chi connectivity index (χ1n) is 1.37. The van der Waals surface area contributed by atoms with Crippen molar-refractivity contribution in [2.45, 2.75) is 0 Å². The molecule has 0 aromatic carbocycles. The average Bonchev–Trinajstić information content (AvgIpc) is 1.86. The second kappa shape index (κ2) is 1.08. The zero-order valence-corrected chi connectivity index (χ0v) is 2.94. The van der Waals surface area contributed by atoms with Crippen molar-refractivity contribution in [2.24, 2.45) is 0 Å². The Kier molecular flexibility index (Phi) is 0.599. The molecule has 0 amide bonds. The van der Waals surface area contributed by atoms with E-state index in [4.69, 9.17) is 7.98 Å². The van der Waals surface area contributed by atoms with Crippen LogP contribution in [0, 0.1) is 0 Å². The maximum atomic E-state index is 4.96. The number of hydrogen-bond donors (Lipinski definition) is 0.